The predicted octanol–water partition coefficient (Wildman–Crippen LogP) is 2.73. The Hall–Kier alpha value is -2.26. The average molecular weight is 278 g/mol. The van der Waals surface area contributed by atoms with Crippen LogP contribution in [-0.4, -0.2) is 16.7 Å². The van der Waals surface area contributed by atoms with Gasteiger partial charge in [-0.15, -0.1) is 0 Å². The summed E-state index contributed by atoms with van der Waals surface area (Å²) in [6.45, 7) is -0.297. The molecular formula is C14H12F2N2O2. The summed E-state index contributed by atoms with van der Waals surface area (Å²) in [4.78, 5) is 3.86. The van der Waals surface area contributed by atoms with Gasteiger partial charge in [-0.05, 0) is 18.6 Å². The molecule has 0 aliphatic carbocycles. The summed E-state index contributed by atoms with van der Waals surface area (Å²) in [5.74, 6) is -3.22. The Morgan fingerprint density at radius 2 is 2.05 bits per heavy atom. The summed E-state index contributed by atoms with van der Waals surface area (Å²) in [6, 6.07) is 5.48. The SMILES string of the molecule is N#C[C@@H](c1cocn1)[C@@H](CCO)c1c(F)cccc1F. The van der Waals surface area contributed by atoms with Crippen molar-refractivity contribution in [3.05, 3.63) is 53.7 Å². The first-order valence-electron chi connectivity index (χ1n) is 6.01. The second-order valence-corrected chi connectivity index (χ2v) is 4.27. The Morgan fingerprint density at radius 1 is 1.35 bits per heavy atom. The number of aliphatic hydroxyl groups is 1. The van der Waals surface area contributed by atoms with E-state index in [1.807, 2.05) is 6.07 Å². The van der Waals surface area contributed by atoms with Crippen LogP contribution in [-0.2, 0) is 0 Å². The molecule has 0 aliphatic rings. The van der Waals surface area contributed by atoms with Gasteiger partial charge in [-0.25, -0.2) is 13.8 Å². The van der Waals surface area contributed by atoms with Gasteiger partial charge < -0.3 is 9.52 Å². The molecule has 6 heteroatoms. The zero-order chi connectivity index (χ0) is 14.5. The van der Waals surface area contributed by atoms with Crippen LogP contribution in [0.2, 0.25) is 0 Å². The maximum atomic E-state index is 13.9. The van der Waals surface area contributed by atoms with Crippen LogP contribution in [0.4, 0.5) is 8.78 Å². The van der Waals surface area contributed by atoms with Crippen molar-refractivity contribution in [1.29, 1.82) is 5.26 Å². The van der Waals surface area contributed by atoms with E-state index in [0.717, 1.165) is 18.5 Å². The summed E-state index contributed by atoms with van der Waals surface area (Å²) in [5.41, 5.74) is 0.0738. The van der Waals surface area contributed by atoms with E-state index >= 15 is 0 Å². The van der Waals surface area contributed by atoms with Crippen LogP contribution in [0.15, 0.2) is 35.3 Å². The number of nitrogens with zero attached hydrogens (tertiary/aromatic N) is 2. The largest absolute Gasteiger partial charge is 0.451 e. The van der Waals surface area contributed by atoms with Gasteiger partial charge in [-0.3, -0.25) is 0 Å². The van der Waals surface area contributed by atoms with E-state index in [2.05, 4.69) is 4.98 Å². The molecule has 0 fully saturated rings. The molecule has 4 nitrogen and oxygen atoms in total. The van der Waals surface area contributed by atoms with Crippen molar-refractivity contribution in [2.45, 2.75) is 18.3 Å². The second-order valence-electron chi connectivity index (χ2n) is 4.27. The fraction of sp³-hybridized carbons (Fsp3) is 0.286. The highest BCUT2D eigenvalue weighted by molar-refractivity contribution is 5.30. The monoisotopic (exact) mass is 278 g/mol. The third-order valence-corrected chi connectivity index (χ3v) is 3.12. The molecule has 2 aromatic rings. The first kappa shape index (κ1) is 14.2. The van der Waals surface area contributed by atoms with Crippen molar-refractivity contribution in [2.24, 2.45) is 0 Å². The minimum atomic E-state index is -0.896. The fourth-order valence-corrected chi connectivity index (χ4v) is 2.22. The van der Waals surface area contributed by atoms with Gasteiger partial charge in [0.15, 0.2) is 6.39 Å². The van der Waals surface area contributed by atoms with Crippen molar-refractivity contribution < 1.29 is 18.3 Å². The second kappa shape index (κ2) is 6.26. The van der Waals surface area contributed by atoms with Gasteiger partial charge in [0.2, 0.25) is 0 Å². The van der Waals surface area contributed by atoms with Gasteiger partial charge in [-0.1, -0.05) is 6.07 Å². The van der Waals surface area contributed by atoms with Crippen molar-refractivity contribution in [1.82, 2.24) is 4.98 Å². The molecule has 0 radical (unpaired) electrons. The summed E-state index contributed by atoms with van der Waals surface area (Å²) in [5, 5.41) is 18.4. The third-order valence-electron chi connectivity index (χ3n) is 3.12. The summed E-state index contributed by atoms with van der Waals surface area (Å²) < 4.78 is 32.6. The molecule has 0 unspecified atom stereocenters. The number of nitriles is 1. The quantitative estimate of drug-likeness (QED) is 0.912. The molecule has 2 atom stereocenters. The van der Waals surface area contributed by atoms with Crippen LogP contribution in [0, 0.1) is 23.0 Å². The minimum Gasteiger partial charge on any atom is -0.451 e. The van der Waals surface area contributed by atoms with E-state index in [9.17, 15) is 14.0 Å². The molecule has 0 saturated heterocycles. The number of oxazole rings is 1. The lowest BCUT2D eigenvalue weighted by atomic mass is 9.82. The summed E-state index contributed by atoms with van der Waals surface area (Å²) in [6.07, 6.45) is 2.45. The van der Waals surface area contributed by atoms with Crippen LogP contribution in [0.3, 0.4) is 0 Å². The Balaban J connectivity index is 2.48. The van der Waals surface area contributed by atoms with Gasteiger partial charge in [0.1, 0.15) is 17.9 Å². The van der Waals surface area contributed by atoms with Crippen molar-refractivity contribution in [3.63, 3.8) is 0 Å². The minimum absolute atomic E-state index is 0.0446. The Labute approximate surface area is 114 Å². The maximum Gasteiger partial charge on any atom is 0.180 e. The lowest BCUT2D eigenvalue weighted by Gasteiger charge is -2.21. The zero-order valence-electron chi connectivity index (χ0n) is 10.5. The Bertz CT molecular complexity index is 588. The lowest BCUT2D eigenvalue weighted by Crippen LogP contribution is -2.15. The number of rotatable bonds is 5. The molecule has 1 N–H and O–H groups in total. The molecular weight excluding hydrogens is 266 g/mol. The Kier molecular flexibility index (Phi) is 4.43. The number of aliphatic hydroxyl groups excluding tert-OH is 1. The molecule has 20 heavy (non-hydrogen) atoms. The van der Waals surface area contributed by atoms with Gasteiger partial charge in [0, 0.05) is 18.1 Å². The van der Waals surface area contributed by atoms with Gasteiger partial charge >= 0.3 is 0 Å². The van der Waals surface area contributed by atoms with Crippen LogP contribution >= 0.6 is 0 Å². The first-order valence-corrected chi connectivity index (χ1v) is 6.01. The highest BCUT2D eigenvalue weighted by Crippen LogP contribution is 2.37. The van der Waals surface area contributed by atoms with E-state index in [0.29, 0.717) is 0 Å². The smallest absolute Gasteiger partial charge is 0.180 e. The first-order chi connectivity index (χ1) is 9.69. The number of hydrogen-bond donors (Lipinski definition) is 1. The van der Waals surface area contributed by atoms with E-state index in [4.69, 9.17) is 9.52 Å². The number of hydrogen-bond acceptors (Lipinski definition) is 4. The van der Waals surface area contributed by atoms with E-state index in [1.54, 1.807) is 0 Å². The van der Waals surface area contributed by atoms with E-state index in [1.165, 1.54) is 12.3 Å². The zero-order valence-corrected chi connectivity index (χ0v) is 10.5. The highest BCUT2D eigenvalue weighted by atomic mass is 19.1. The summed E-state index contributed by atoms with van der Waals surface area (Å²) >= 11 is 0. The van der Waals surface area contributed by atoms with Gasteiger partial charge in [0.25, 0.3) is 0 Å². The van der Waals surface area contributed by atoms with E-state index in [-0.39, 0.29) is 24.3 Å². The third kappa shape index (κ3) is 2.68. The molecule has 1 heterocycles. The normalized spacial score (nSPS) is 13.7. The highest BCUT2D eigenvalue weighted by Gasteiger charge is 2.30. The molecule has 0 amide bonds. The lowest BCUT2D eigenvalue weighted by molar-refractivity contribution is 0.268. The van der Waals surface area contributed by atoms with Gasteiger partial charge in [0.05, 0.1) is 17.7 Å². The van der Waals surface area contributed by atoms with Crippen LogP contribution in [0.25, 0.3) is 0 Å². The fourth-order valence-electron chi connectivity index (χ4n) is 2.22. The molecule has 0 spiro atoms. The van der Waals surface area contributed by atoms with Crippen LogP contribution in [0.5, 0.6) is 0 Å². The number of halogens is 2. The van der Waals surface area contributed by atoms with Crippen molar-refractivity contribution in [2.75, 3.05) is 6.61 Å². The van der Waals surface area contributed by atoms with Crippen LogP contribution in [0.1, 0.15) is 29.5 Å². The molecule has 1 aromatic heterocycles. The van der Waals surface area contributed by atoms with E-state index < -0.39 is 23.5 Å². The molecule has 2 rings (SSSR count). The van der Waals surface area contributed by atoms with Crippen LogP contribution < -0.4 is 0 Å². The standard InChI is InChI=1S/C14H12F2N2O2/c15-11-2-1-3-12(16)14(11)9(4-5-19)10(6-17)13-7-20-8-18-13/h1-3,7-10,19H,4-5H2/t9-,10-/m1/s1. The molecule has 0 saturated carbocycles. The number of aromatic nitrogens is 1. The maximum absolute atomic E-state index is 13.9. The number of benzene rings is 1. The molecule has 104 valence electrons. The Morgan fingerprint density at radius 3 is 2.55 bits per heavy atom. The average Bonchev–Trinajstić information content (AvgIpc) is 2.93. The topological polar surface area (TPSA) is 70.0 Å². The molecule has 1 aromatic carbocycles. The molecule has 0 bridgehead atoms. The van der Waals surface area contributed by atoms with Crippen molar-refractivity contribution in [3.8, 4) is 6.07 Å². The molecule has 0 aliphatic heterocycles. The summed E-state index contributed by atoms with van der Waals surface area (Å²) in [7, 11) is 0. The van der Waals surface area contributed by atoms with Gasteiger partial charge in [-0.2, -0.15) is 5.26 Å². The van der Waals surface area contributed by atoms with Crippen molar-refractivity contribution >= 4 is 0 Å². The predicted molar refractivity (Wildman–Crippen MR) is 65.7 cm³/mol.